The van der Waals surface area contributed by atoms with Crippen molar-refractivity contribution in [3.8, 4) is 0 Å². The Hall–Kier alpha value is -1.47. The lowest BCUT2D eigenvalue weighted by atomic mass is 10.2. The highest BCUT2D eigenvalue weighted by Crippen LogP contribution is 2.28. The van der Waals surface area contributed by atoms with Gasteiger partial charge in [0.2, 0.25) is 0 Å². The fraction of sp³-hybridized carbons (Fsp3) is 0.545. The first-order chi connectivity index (χ1) is 8.68. The summed E-state index contributed by atoms with van der Waals surface area (Å²) in [5, 5.41) is 2.56. The predicted molar refractivity (Wildman–Crippen MR) is 57.6 cm³/mol. The molecule has 0 bridgehead atoms. The van der Waals surface area contributed by atoms with Gasteiger partial charge in [-0.1, -0.05) is 6.07 Å². The highest BCUT2D eigenvalue weighted by atomic mass is 19.4. The number of nitrogens with zero attached hydrogens (tertiary/aromatic N) is 1. The number of nitrogens with one attached hydrogen (secondary N) is 1. The number of pyridine rings is 1. The van der Waals surface area contributed by atoms with Gasteiger partial charge in [0.25, 0.3) is 0 Å². The summed E-state index contributed by atoms with van der Waals surface area (Å²) in [6.45, 7) is 0.143. The molecule has 0 aliphatic heterocycles. The van der Waals surface area contributed by atoms with Crippen LogP contribution in [-0.4, -0.2) is 17.7 Å². The Morgan fingerprint density at radius 1 is 1.00 bits per heavy atom. The molecule has 1 aromatic rings. The van der Waals surface area contributed by atoms with E-state index in [2.05, 4.69) is 10.3 Å². The van der Waals surface area contributed by atoms with Crippen molar-refractivity contribution in [2.75, 3.05) is 11.9 Å². The van der Waals surface area contributed by atoms with Gasteiger partial charge in [-0.3, -0.25) is 0 Å². The maximum atomic E-state index is 12.3. The smallest absolute Gasteiger partial charge is 0.370 e. The number of halogens is 6. The highest BCUT2D eigenvalue weighted by molar-refractivity contribution is 5.35. The Balaban J connectivity index is 2.38. The molecule has 0 aromatic carbocycles. The predicted octanol–water partition coefficient (Wildman–Crippen LogP) is 4.24. The zero-order chi connectivity index (χ0) is 14.5. The Morgan fingerprint density at radius 3 is 2.26 bits per heavy atom. The van der Waals surface area contributed by atoms with Crippen LogP contribution in [0.2, 0.25) is 0 Å². The topological polar surface area (TPSA) is 24.9 Å². The van der Waals surface area contributed by atoms with Gasteiger partial charge in [-0.15, -0.1) is 0 Å². The number of aromatic nitrogens is 1. The van der Waals surface area contributed by atoms with Gasteiger partial charge in [0.1, 0.15) is 11.5 Å². The number of rotatable bonds is 5. The monoisotopic (exact) mass is 286 g/mol. The Labute approximate surface area is 105 Å². The normalized spacial score (nSPS) is 12.5. The molecule has 1 N–H and O–H groups in total. The second-order valence-electron chi connectivity index (χ2n) is 3.90. The van der Waals surface area contributed by atoms with Crippen molar-refractivity contribution in [2.45, 2.75) is 31.6 Å². The van der Waals surface area contributed by atoms with E-state index >= 15 is 0 Å². The van der Waals surface area contributed by atoms with E-state index in [1.807, 2.05) is 0 Å². The standard InChI is InChI=1S/C11H12F6N2/c12-10(13,14)6-1-2-7-18-9-5-3-4-8(19-9)11(15,16)17/h3-5H,1-2,6-7H2,(H,18,19). The van der Waals surface area contributed by atoms with Crippen LogP contribution in [0.4, 0.5) is 32.2 Å². The SMILES string of the molecule is FC(F)(F)CCCCNc1cccc(C(F)(F)F)n1. The molecule has 0 aliphatic carbocycles. The first-order valence-corrected chi connectivity index (χ1v) is 5.53. The van der Waals surface area contributed by atoms with Crippen LogP contribution in [0.3, 0.4) is 0 Å². The summed E-state index contributed by atoms with van der Waals surface area (Å²) in [5.41, 5.74) is -1.03. The highest BCUT2D eigenvalue weighted by Gasteiger charge is 2.32. The van der Waals surface area contributed by atoms with Crippen molar-refractivity contribution in [3.05, 3.63) is 23.9 Å². The van der Waals surface area contributed by atoms with Crippen LogP contribution in [0.1, 0.15) is 25.0 Å². The second kappa shape index (κ2) is 6.12. The van der Waals surface area contributed by atoms with E-state index in [1.165, 1.54) is 12.1 Å². The van der Waals surface area contributed by atoms with Crippen molar-refractivity contribution in [1.29, 1.82) is 0 Å². The number of hydrogen-bond acceptors (Lipinski definition) is 2. The Kier molecular flexibility index (Phi) is 5.02. The number of alkyl halides is 6. The Bertz CT molecular complexity index is 399. The largest absolute Gasteiger partial charge is 0.433 e. The molecule has 0 unspecified atom stereocenters. The second-order valence-corrected chi connectivity index (χ2v) is 3.90. The molecule has 0 fully saturated rings. The summed E-state index contributed by atoms with van der Waals surface area (Å²) in [5.74, 6) is 0.00170. The van der Waals surface area contributed by atoms with E-state index < -0.39 is 24.5 Å². The number of unbranched alkanes of at least 4 members (excludes halogenated alkanes) is 1. The third-order valence-electron chi connectivity index (χ3n) is 2.23. The van der Waals surface area contributed by atoms with Gasteiger partial charge < -0.3 is 5.32 Å². The summed E-state index contributed by atoms with van der Waals surface area (Å²) in [4.78, 5) is 3.33. The lowest BCUT2D eigenvalue weighted by Gasteiger charge is -2.10. The molecule has 8 heteroatoms. The maximum absolute atomic E-state index is 12.3. The van der Waals surface area contributed by atoms with Crippen LogP contribution in [0, 0.1) is 0 Å². The van der Waals surface area contributed by atoms with Gasteiger partial charge in [-0.25, -0.2) is 4.98 Å². The van der Waals surface area contributed by atoms with Crippen LogP contribution in [-0.2, 0) is 6.18 Å². The van der Waals surface area contributed by atoms with Gasteiger partial charge in [-0.2, -0.15) is 26.3 Å². The fourth-order valence-corrected chi connectivity index (χ4v) is 1.36. The molecule has 0 spiro atoms. The molecule has 0 radical (unpaired) electrons. The van der Waals surface area contributed by atoms with E-state index in [0.29, 0.717) is 0 Å². The zero-order valence-corrected chi connectivity index (χ0v) is 9.78. The van der Waals surface area contributed by atoms with Crippen LogP contribution in [0.5, 0.6) is 0 Å². The molecule has 0 saturated heterocycles. The van der Waals surface area contributed by atoms with Crippen molar-refractivity contribution >= 4 is 5.82 Å². The molecule has 19 heavy (non-hydrogen) atoms. The van der Waals surface area contributed by atoms with E-state index in [9.17, 15) is 26.3 Å². The number of anilines is 1. The minimum atomic E-state index is -4.53. The summed E-state index contributed by atoms with van der Waals surface area (Å²) >= 11 is 0. The Morgan fingerprint density at radius 2 is 1.68 bits per heavy atom. The lowest BCUT2D eigenvalue weighted by molar-refractivity contribution is -0.141. The van der Waals surface area contributed by atoms with Crippen molar-refractivity contribution in [1.82, 2.24) is 4.98 Å². The fourth-order valence-electron chi connectivity index (χ4n) is 1.36. The molecule has 0 atom stereocenters. The zero-order valence-electron chi connectivity index (χ0n) is 9.78. The molecule has 108 valence electrons. The molecule has 1 rings (SSSR count). The lowest BCUT2D eigenvalue weighted by Crippen LogP contribution is -2.11. The van der Waals surface area contributed by atoms with Gasteiger partial charge in [0, 0.05) is 13.0 Å². The van der Waals surface area contributed by atoms with Crippen molar-refractivity contribution < 1.29 is 26.3 Å². The summed E-state index contributed by atoms with van der Waals surface area (Å²) in [6, 6.07) is 3.35. The molecule has 0 aliphatic rings. The summed E-state index contributed by atoms with van der Waals surface area (Å²) in [7, 11) is 0. The number of hydrogen-bond donors (Lipinski definition) is 1. The quantitative estimate of drug-likeness (QED) is 0.646. The van der Waals surface area contributed by atoms with Gasteiger partial charge in [0.15, 0.2) is 0 Å². The molecule has 0 saturated carbocycles. The summed E-state index contributed by atoms with van der Waals surface area (Å²) < 4.78 is 72.5. The van der Waals surface area contributed by atoms with E-state index in [0.717, 1.165) is 6.07 Å². The molecular formula is C11H12F6N2. The van der Waals surface area contributed by atoms with E-state index in [4.69, 9.17) is 0 Å². The van der Waals surface area contributed by atoms with E-state index in [-0.39, 0.29) is 25.2 Å². The third kappa shape index (κ3) is 6.30. The average molecular weight is 286 g/mol. The molecule has 1 aromatic heterocycles. The first-order valence-electron chi connectivity index (χ1n) is 5.53. The van der Waals surface area contributed by atoms with Gasteiger partial charge in [0.05, 0.1) is 0 Å². The van der Waals surface area contributed by atoms with Crippen molar-refractivity contribution in [3.63, 3.8) is 0 Å². The molecule has 1 heterocycles. The van der Waals surface area contributed by atoms with Crippen LogP contribution >= 0.6 is 0 Å². The average Bonchev–Trinajstić information content (AvgIpc) is 2.26. The molecule has 2 nitrogen and oxygen atoms in total. The van der Waals surface area contributed by atoms with E-state index in [1.54, 1.807) is 0 Å². The van der Waals surface area contributed by atoms with Gasteiger partial charge in [-0.05, 0) is 25.0 Å². The van der Waals surface area contributed by atoms with Crippen molar-refractivity contribution in [2.24, 2.45) is 0 Å². The maximum Gasteiger partial charge on any atom is 0.433 e. The minimum Gasteiger partial charge on any atom is -0.370 e. The third-order valence-corrected chi connectivity index (χ3v) is 2.23. The molecule has 0 amide bonds. The first kappa shape index (κ1) is 15.6. The van der Waals surface area contributed by atoms with Gasteiger partial charge >= 0.3 is 12.4 Å². The van der Waals surface area contributed by atoms with Crippen LogP contribution in [0.15, 0.2) is 18.2 Å². The molecular weight excluding hydrogens is 274 g/mol. The van der Waals surface area contributed by atoms with Crippen LogP contribution in [0.25, 0.3) is 0 Å². The minimum absolute atomic E-state index is 0.00170. The van der Waals surface area contributed by atoms with Crippen LogP contribution < -0.4 is 5.32 Å². The summed E-state index contributed by atoms with van der Waals surface area (Å²) in [6.07, 6.45) is -9.50.